The first-order valence-electron chi connectivity index (χ1n) is 7.42. The van der Waals surface area contributed by atoms with Crippen molar-refractivity contribution in [2.75, 3.05) is 25.0 Å². The molecule has 1 saturated heterocycles. The molecule has 5 heteroatoms. The molecule has 0 bridgehead atoms. The summed E-state index contributed by atoms with van der Waals surface area (Å²) in [6.45, 7) is 7.68. The highest BCUT2D eigenvalue weighted by atomic mass is 35.5. The zero-order valence-corrected chi connectivity index (χ0v) is 14.0. The lowest BCUT2D eigenvalue weighted by Crippen LogP contribution is -2.51. The van der Waals surface area contributed by atoms with E-state index in [1.54, 1.807) is 12.4 Å². The summed E-state index contributed by atoms with van der Waals surface area (Å²) < 4.78 is 0. The van der Waals surface area contributed by atoms with Gasteiger partial charge in [-0.15, -0.1) is 0 Å². The van der Waals surface area contributed by atoms with Crippen LogP contribution in [0.5, 0.6) is 0 Å². The van der Waals surface area contributed by atoms with E-state index in [1.807, 2.05) is 38.8 Å². The second-order valence-electron chi connectivity index (χ2n) is 6.74. The Hall–Kier alpha value is -1.29. The number of likely N-dealkylation sites (N-methyl/N-ethyl adjacent to an activating group) is 1. The molecule has 1 aromatic rings. The van der Waals surface area contributed by atoms with Gasteiger partial charge in [-0.25, -0.2) is 0 Å². The Labute approximate surface area is 132 Å². The van der Waals surface area contributed by atoms with Gasteiger partial charge in [-0.2, -0.15) is 0 Å². The van der Waals surface area contributed by atoms with Gasteiger partial charge in [-0.1, -0.05) is 32.4 Å². The molecule has 21 heavy (non-hydrogen) atoms. The minimum atomic E-state index is -0.342. The van der Waals surface area contributed by atoms with Crippen molar-refractivity contribution in [1.82, 2.24) is 9.88 Å². The molecule has 0 spiro atoms. The van der Waals surface area contributed by atoms with Crippen LogP contribution in [0, 0.1) is 5.41 Å². The number of anilines is 1. The second kappa shape index (κ2) is 6.22. The molecule has 1 aromatic heterocycles. The monoisotopic (exact) mass is 309 g/mol. The molecule has 1 atom stereocenters. The van der Waals surface area contributed by atoms with Crippen LogP contribution in [-0.2, 0) is 4.79 Å². The zero-order chi connectivity index (χ0) is 15.6. The number of piperidine rings is 1. The fourth-order valence-corrected chi connectivity index (χ4v) is 3.05. The van der Waals surface area contributed by atoms with Gasteiger partial charge in [0.1, 0.15) is 0 Å². The summed E-state index contributed by atoms with van der Waals surface area (Å²) in [4.78, 5) is 20.6. The summed E-state index contributed by atoms with van der Waals surface area (Å²) in [5.41, 5.74) is 0.665. The van der Waals surface area contributed by atoms with E-state index in [9.17, 15) is 4.79 Å². The molecule has 1 unspecified atom stereocenters. The van der Waals surface area contributed by atoms with E-state index >= 15 is 0 Å². The Morgan fingerprint density at radius 2 is 2.19 bits per heavy atom. The van der Waals surface area contributed by atoms with E-state index in [4.69, 9.17) is 11.6 Å². The maximum absolute atomic E-state index is 12.4. The van der Waals surface area contributed by atoms with Crippen molar-refractivity contribution in [2.24, 2.45) is 5.41 Å². The van der Waals surface area contributed by atoms with E-state index < -0.39 is 0 Å². The summed E-state index contributed by atoms with van der Waals surface area (Å²) in [6.07, 6.45) is 5.53. The molecule has 2 rings (SSSR count). The Balaban J connectivity index is 2.11. The Bertz CT molecular complexity index is 512. The van der Waals surface area contributed by atoms with E-state index in [0.29, 0.717) is 5.02 Å². The molecule has 1 amide bonds. The van der Waals surface area contributed by atoms with Crippen molar-refractivity contribution in [3.63, 3.8) is 0 Å². The summed E-state index contributed by atoms with van der Waals surface area (Å²) in [5, 5.41) is 0.669. The zero-order valence-electron chi connectivity index (χ0n) is 13.3. The van der Waals surface area contributed by atoms with Crippen LogP contribution in [0.25, 0.3) is 0 Å². The lowest BCUT2D eigenvalue weighted by Gasteiger charge is -2.40. The number of nitrogens with zero attached hydrogens (tertiary/aromatic N) is 3. The third-order valence-corrected chi connectivity index (χ3v) is 4.29. The first-order valence-corrected chi connectivity index (χ1v) is 7.80. The van der Waals surface area contributed by atoms with Gasteiger partial charge in [0.05, 0.1) is 10.7 Å². The maximum atomic E-state index is 12.4. The van der Waals surface area contributed by atoms with Gasteiger partial charge in [0.15, 0.2) is 0 Å². The smallest absolute Gasteiger partial charge is 0.227 e. The summed E-state index contributed by atoms with van der Waals surface area (Å²) in [6, 6.07) is 2.17. The van der Waals surface area contributed by atoms with Crippen molar-refractivity contribution in [1.29, 1.82) is 0 Å². The largest absolute Gasteiger partial charge is 0.368 e. The Morgan fingerprint density at radius 1 is 1.48 bits per heavy atom. The Morgan fingerprint density at radius 3 is 2.81 bits per heavy atom. The highest BCUT2D eigenvalue weighted by Gasteiger charge is 2.32. The summed E-state index contributed by atoms with van der Waals surface area (Å²) in [5.74, 6) is 0.190. The lowest BCUT2D eigenvalue weighted by molar-refractivity contribution is -0.140. The topological polar surface area (TPSA) is 36.4 Å². The average molecular weight is 310 g/mol. The van der Waals surface area contributed by atoms with Gasteiger partial charge < -0.3 is 9.80 Å². The van der Waals surface area contributed by atoms with Crippen molar-refractivity contribution in [2.45, 2.75) is 39.7 Å². The van der Waals surface area contributed by atoms with E-state index in [1.165, 1.54) is 0 Å². The van der Waals surface area contributed by atoms with Crippen molar-refractivity contribution < 1.29 is 4.79 Å². The van der Waals surface area contributed by atoms with Crippen LogP contribution in [0.2, 0.25) is 5.02 Å². The lowest BCUT2D eigenvalue weighted by atomic mass is 9.93. The number of hydrogen-bond donors (Lipinski definition) is 0. The average Bonchev–Trinajstić information content (AvgIpc) is 2.45. The number of amides is 1. The molecule has 1 aliphatic rings. The van der Waals surface area contributed by atoms with Crippen LogP contribution >= 0.6 is 11.6 Å². The predicted molar refractivity (Wildman–Crippen MR) is 86.7 cm³/mol. The van der Waals surface area contributed by atoms with Crippen LogP contribution in [-0.4, -0.2) is 42.0 Å². The molecule has 4 nitrogen and oxygen atoms in total. The summed E-state index contributed by atoms with van der Waals surface area (Å²) >= 11 is 6.24. The molecule has 0 saturated carbocycles. The molecule has 0 N–H and O–H groups in total. The Kier molecular flexibility index (Phi) is 4.77. The molecular weight excluding hydrogens is 286 g/mol. The molecule has 1 fully saturated rings. The van der Waals surface area contributed by atoms with Crippen LogP contribution in [0.15, 0.2) is 18.5 Å². The quantitative estimate of drug-likeness (QED) is 0.841. The minimum Gasteiger partial charge on any atom is -0.368 e. The first-order chi connectivity index (χ1) is 9.80. The number of hydrogen-bond acceptors (Lipinski definition) is 3. The number of aromatic nitrogens is 1. The first kappa shape index (κ1) is 16.1. The second-order valence-corrected chi connectivity index (χ2v) is 7.14. The number of pyridine rings is 1. The van der Waals surface area contributed by atoms with Gasteiger partial charge in [-0.3, -0.25) is 9.78 Å². The number of carbonyl (C=O) groups is 1. The number of rotatable bonds is 2. The van der Waals surface area contributed by atoms with Gasteiger partial charge in [0, 0.05) is 44.0 Å². The fourth-order valence-electron chi connectivity index (χ4n) is 2.81. The number of halogens is 1. The molecule has 0 aliphatic carbocycles. The van der Waals surface area contributed by atoms with Gasteiger partial charge in [0.2, 0.25) is 5.91 Å². The van der Waals surface area contributed by atoms with Crippen molar-refractivity contribution in [3.8, 4) is 0 Å². The maximum Gasteiger partial charge on any atom is 0.227 e. The SMILES string of the molecule is CN(C(=O)C(C)(C)C)C1CCCN(c2ccncc2Cl)C1. The van der Waals surface area contributed by atoms with Crippen molar-refractivity contribution >= 4 is 23.2 Å². The van der Waals surface area contributed by atoms with Crippen LogP contribution < -0.4 is 4.90 Å². The van der Waals surface area contributed by atoms with Gasteiger partial charge >= 0.3 is 0 Å². The minimum absolute atomic E-state index is 0.190. The van der Waals surface area contributed by atoms with E-state index in [2.05, 4.69) is 9.88 Å². The molecule has 116 valence electrons. The number of carbonyl (C=O) groups excluding carboxylic acids is 1. The third-order valence-electron chi connectivity index (χ3n) is 4.00. The molecular formula is C16H24ClN3O. The van der Waals surface area contributed by atoms with Crippen LogP contribution in [0.4, 0.5) is 5.69 Å². The molecule has 0 radical (unpaired) electrons. The summed E-state index contributed by atoms with van der Waals surface area (Å²) in [7, 11) is 1.91. The highest BCUT2D eigenvalue weighted by Crippen LogP contribution is 2.29. The highest BCUT2D eigenvalue weighted by molar-refractivity contribution is 6.33. The molecule has 2 heterocycles. The molecule has 1 aliphatic heterocycles. The third kappa shape index (κ3) is 3.67. The van der Waals surface area contributed by atoms with Crippen LogP contribution in [0.3, 0.4) is 0 Å². The van der Waals surface area contributed by atoms with E-state index in [-0.39, 0.29) is 17.4 Å². The van der Waals surface area contributed by atoms with Crippen molar-refractivity contribution in [3.05, 3.63) is 23.5 Å². The normalized spacial score (nSPS) is 19.5. The fraction of sp³-hybridized carbons (Fsp3) is 0.625. The predicted octanol–water partition coefficient (Wildman–Crippen LogP) is 3.21. The standard InChI is InChI=1S/C16H24ClN3O/c1-16(2,3)15(21)19(4)12-6-5-9-20(11-12)14-7-8-18-10-13(14)17/h7-8,10,12H,5-6,9,11H2,1-4H3. The molecule has 0 aromatic carbocycles. The van der Waals surface area contributed by atoms with E-state index in [0.717, 1.165) is 31.6 Å². The van der Waals surface area contributed by atoms with Crippen LogP contribution in [0.1, 0.15) is 33.6 Å². The van der Waals surface area contributed by atoms with Gasteiger partial charge in [0.25, 0.3) is 0 Å². The van der Waals surface area contributed by atoms with Gasteiger partial charge in [-0.05, 0) is 18.9 Å².